The van der Waals surface area contributed by atoms with E-state index in [2.05, 4.69) is 10.1 Å². The van der Waals surface area contributed by atoms with Crippen molar-refractivity contribution in [2.24, 2.45) is 5.14 Å². The van der Waals surface area contributed by atoms with Gasteiger partial charge in [-0.3, -0.25) is 0 Å². The Morgan fingerprint density at radius 3 is 2.32 bits per heavy atom. The van der Waals surface area contributed by atoms with E-state index in [0.717, 1.165) is 12.1 Å². The summed E-state index contributed by atoms with van der Waals surface area (Å²) >= 11 is 0. The molecule has 2 aromatic carbocycles. The van der Waals surface area contributed by atoms with E-state index in [0.29, 0.717) is 11.3 Å². The number of benzene rings is 2. The van der Waals surface area contributed by atoms with E-state index in [1.54, 1.807) is 30.3 Å². The van der Waals surface area contributed by atoms with Gasteiger partial charge in [0.1, 0.15) is 11.3 Å². The van der Waals surface area contributed by atoms with Crippen LogP contribution in [0.1, 0.15) is 21.5 Å². The fourth-order valence-corrected chi connectivity index (χ4v) is 3.66. The van der Waals surface area contributed by atoms with Crippen LogP contribution in [0.2, 0.25) is 0 Å². The maximum atomic E-state index is 12.6. The SMILES string of the molecule is Nc1cccc(CS(N)(=O)=O)c1.O=C(O)c1c(-c2ccc(C(F)(F)F)cc2)nn2cccnc12. The summed E-state index contributed by atoms with van der Waals surface area (Å²) in [4.78, 5) is 15.4. The van der Waals surface area contributed by atoms with Gasteiger partial charge in [-0.05, 0) is 35.9 Å². The number of aromatic carboxylic acids is 1. The first-order valence-corrected chi connectivity index (χ1v) is 11.2. The number of anilines is 1. The van der Waals surface area contributed by atoms with Gasteiger partial charge in [0, 0.05) is 23.6 Å². The molecular formula is C21H18F3N5O4S. The molecule has 0 aliphatic heterocycles. The first-order valence-electron chi connectivity index (χ1n) is 9.44. The molecule has 2 aromatic heterocycles. The number of hydrogen-bond acceptors (Lipinski definition) is 6. The van der Waals surface area contributed by atoms with Crippen molar-refractivity contribution in [3.63, 3.8) is 0 Å². The number of rotatable bonds is 4. The molecule has 5 N–H and O–H groups in total. The molecule has 2 heterocycles. The second kappa shape index (κ2) is 9.49. The lowest BCUT2D eigenvalue weighted by Crippen LogP contribution is -2.14. The van der Waals surface area contributed by atoms with Crippen LogP contribution in [0.5, 0.6) is 0 Å². The van der Waals surface area contributed by atoms with E-state index in [1.807, 2.05) is 0 Å². The number of primary sulfonamides is 1. The summed E-state index contributed by atoms with van der Waals surface area (Å²) in [5.74, 6) is -1.42. The zero-order valence-electron chi connectivity index (χ0n) is 17.3. The number of halogens is 3. The number of carboxylic acid groups (broad SMARTS) is 1. The van der Waals surface area contributed by atoms with Crippen molar-refractivity contribution in [1.29, 1.82) is 0 Å². The van der Waals surface area contributed by atoms with Crippen LogP contribution in [0.4, 0.5) is 18.9 Å². The fourth-order valence-electron chi connectivity index (χ4n) is 3.02. The average molecular weight is 493 g/mol. The Balaban J connectivity index is 0.000000229. The number of nitrogens with two attached hydrogens (primary N) is 2. The lowest BCUT2D eigenvalue weighted by Gasteiger charge is -2.06. The molecule has 13 heteroatoms. The number of hydrogen-bond donors (Lipinski definition) is 3. The van der Waals surface area contributed by atoms with Gasteiger partial charge < -0.3 is 10.8 Å². The lowest BCUT2D eigenvalue weighted by molar-refractivity contribution is -0.137. The fraction of sp³-hybridized carbons (Fsp3) is 0.0952. The Bertz CT molecular complexity index is 1440. The summed E-state index contributed by atoms with van der Waals surface area (Å²) in [5, 5.41) is 18.3. The summed E-state index contributed by atoms with van der Waals surface area (Å²) in [5.41, 5.74) is 6.10. The number of sulfonamides is 1. The molecule has 0 aliphatic rings. The third-order valence-corrected chi connectivity index (χ3v) is 5.15. The molecule has 0 radical (unpaired) electrons. The van der Waals surface area contributed by atoms with Crippen molar-refractivity contribution in [1.82, 2.24) is 14.6 Å². The zero-order chi connectivity index (χ0) is 25.1. The Morgan fingerprint density at radius 1 is 1.09 bits per heavy atom. The Kier molecular flexibility index (Phi) is 6.88. The quantitative estimate of drug-likeness (QED) is 0.369. The van der Waals surface area contributed by atoms with Crippen LogP contribution in [0, 0.1) is 0 Å². The highest BCUT2D eigenvalue weighted by molar-refractivity contribution is 7.88. The highest BCUT2D eigenvalue weighted by Gasteiger charge is 2.30. The molecule has 0 atom stereocenters. The minimum absolute atomic E-state index is 0.0694. The minimum Gasteiger partial charge on any atom is -0.477 e. The van der Waals surface area contributed by atoms with Gasteiger partial charge >= 0.3 is 12.1 Å². The topological polar surface area (TPSA) is 154 Å². The molecular weight excluding hydrogens is 475 g/mol. The molecule has 4 rings (SSSR count). The van der Waals surface area contributed by atoms with Crippen molar-refractivity contribution in [3.05, 3.63) is 83.7 Å². The van der Waals surface area contributed by atoms with Crippen molar-refractivity contribution in [2.45, 2.75) is 11.9 Å². The monoisotopic (exact) mass is 493 g/mol. The van der Waals surface area contributed by atoms with Crippen LogP contribution in [0.25, 0.3) is 16.9 Å². The van der Waals surface area contributed by atoms with Gasteiger partial charge in [-0.25, -0.2) is 27.9 Å². The standard InChI is InChI=1S/C14H8F3N3O2.C7H10N2O2S/c15-14(16,17)9-4-2-8(3-5-9)11-10(13(21)22)12-18-6-1-7-20(12)19-11;8-7-3-1-2-6(4-7)5-12(9,10)11/h1-7H,(H,21,22);1-4H,5,8H2,(H2,9,10,11). The molecule has 0 fully saturated rings. The third kappa shape index (κ3) is 6.08. The molecule has 0 amide bonds. The van der Waals surface area contributed by atoms with Gasteiger partial charge in [-0.15, -0.1) is 0 Å². The largest absolute Gasteiger partial charge is 0.477 e. The van der Waals surface area contributed by atoms with Crippen molar-refractivity contribution >= 4 is 27.3 Å². The molecule has 0 saturated heterocycles. The second-order valence-corrected chi connectivity index (χ2v) is 8.66. The molecule has 0 aliphatic carbocycles. The van der Waals surface area contributed by atoms with Gasteiger partial charge in [0.2, 0.25) is 10.0 Å². The molecule has 178 valence electrons. The average Bonchev–Trinajstić information content (AvgIpc) is 3.12. The van der Waals surface area contributed by atoms with Crippen LogP contribution in [-0.4, -0.2) is 34.1 Å². The maximum absolute atomic E-state index is 12.6. The number of nitrogens with zero attached hydrogens (tertiary/aromatic N) is 3. The van der Waals surface area contributed by atoms with Crippen LogP contribution in [-0.2, 0) is 22.0 Å². The first-order chi connectivity index (χ1) is 15.8. The number of carboxylic acids is 1. The molecule has 0 bridgehead atoms. The van der Waals surface area contributed by atoms with Gasteiger partial charge in [0.05, 0.1) is 11.3 Å². The van der Waals surface area contributed by atoms with Crippen molar-refractivity contribution in [2.75, 3.05) is 5.73 Å². The number of nitrogen functional groups attached to an aromatic ring is 1. The third-order valence-electron chi connectivity index (χ3n) is 4.41. The van der Waals surface area contributed by atoms with Crippen LogP contribution >= 0.6 is 0 Å². The van der Waals surface area contributed by atoms with Crippen molar-refractivity contribution in [3.8, 4) is 11.3 Å². The first kappa shape index (κ1) is 24.7. The lowest BCUT2D eigenvalue weighted by atomic mass is 10.1. The summed E-state index contributed by atoms with van der Waals surface area (Å²) in [6.45, 7) is 0. The van der Waals surface area contributed by atoms with E-state index in [1.165, 1.54) is 29.0 Å². The van der Waals surface area contributed by atoms with E-state index >= 15 is 0 Å². The zero-order valence-corrected chi connectivity index (χ0v) is 18.1. The van der Waals surface area contributed by atoms with Gasteiger partial charge in [-0.1, -0.05) is 24.3 Å². The van der Waals surface area contributed by atoms with Crippen LogP contribution < -0.4 is 10.9 Å². The predicted molar refractivity (Wildman–Crippen MR) is 118 cm³/mol. The maximum Gasteiger partial charge on any atom is 0.416 e. The molecule has 34 heavy (non-hydrogen) atoms. The number of alkyl halides is 3. The molecule has 9 nitrogen and oxygen atoms in total. The van der Waals surface area contributed by atoms with E-state index < -0.39 is 27.7 Å². The normalized spacial score (nSPS) is 11.6. The van der Waals surface area contributed by atoms with E-state index in [9.17, 15) is 31.5 Å². The van der Waals surface area contributed by atoms with Gasteiger partial charge in [0.25, 0.3) is 0 Å². The second-order valence-electron chi connectivity index (χ2n) is 7.04. The smallest absolute Gasteiger partial charge is 0.416 e. The number of carbonyl (C=O) groups is 1. The molecule has 4 aromatic rings. The molecule has 0 spiro atoms. The van der Waals surface area contributed by atoms with Gasteiger partial charge in [0.15, 0.2) is 5.65 Å². The van der Waals surface area contributed by atoms with Crippen molar-refractivity contribution < 1.29 is 31.5 Å². The summed E-state index contributed by atoms with van der Waals surface area (Å²) in [7, 11) is -3.45. The summed E-state index contributed by atoms with van der Waals surface area (Å²) in [6, 6.07) is 12.4. The van der Waals surface area contributed by atoms with E-state index in [4.69, 9.17) is 10.9 Å². The van der Waals surface area contributed by atoms with Gasteiger partial charge in [-0.2, -0.15) is 18.3 Å². The Hall–Kier alpha value is -3.97. The predicted octanol–water partition coefficient (Wildman–Crippen LogP) is 3.17. The molecule has 0 unspecified atom stereocenters. The number of fused-ring (bicyclic) bond motifs is 1. The minimum atomic E-state index is -4.45. The number of aromatic nitrogens is 3. The Labute approximate surface area is 191 Å². The highest BCUT2D eigenvalue weighted by Crippen LogP contribution is 2.32. The summed E-state index contributed by atoms with van der Waals surface area (Å²) in [6.07, 6.45) is -1.52. The Morgan fingerprint density at radius 2 is 1.76 bits per heavy atom. The van der Waals surface area contributed by atoms with E-state index in [-0.39, 0.29) is 28.2 Å². The highest BCUT2D eigenvalue weighted by atomic mass is 32.2. The van der Waals surface area contributed by atoms with Crippen LogP contribution in [0.3, 0.4) is 0 Å². The molecule has 0 saturated carbocycles. The summed E-state index contributed by atoms with van der Waals surface area (Å²) < 4.78 is 60.3. The van der Waals surface area contributed by atoms with Crippen LogP contribution in [0.15, 0.2) is 67.0 Å².